The number of anilines is 1. The van der Waals surface area contributed by atoms with Gasteiger partial charge in [0.1, 0.15) is 5.75 Å². The molecular weight excluding hydrogens is 430 g/mol. The van der Waals surface area contributed by atoms with Crippen LogP contribution in [0.25, 0.3) is 22.2 Å². The van der Waals surface area contributed by atoms with Crippen molar-refractivity contribution in [3.8, 4) is 17.0 Å². The van der Waals surface area contributed by atoms with Crippen LogP contribution in [0.3, 0.4) is 0 Å². The number of hydrogen-bond donors (Lipinski definition) is 2. The number of para-hydroxylation sites is 1. The first-order valence-corrected chi connectivity index (χ1v) is 11.2. The normalized spacial score (nSPS) is 10.8. The predicted molar refractivity (Wildman–Crippen MR) is 138 cm³/mol. The number of ether oxygens (including phenoxy) is 1. The fraction of sp³-hybridized carbons (Fsp3) is 0.148. The molecule has 4 aromatic rings. The highest BCUT2D eigenvalue weighted by molar-refractivity contribution is 7.80. The van der Waals surface area contributed by atoms with Gasteiger partial charge in [0.2, 0.25) is 0 Å². The van der Waals surface area contributed by atoms with Crippen LogP contribution >= 0.6 is 12.2 Å². The number of nitrogens with zero attached hydrogens (tertiary/aromatic N) is 1. The Morgan fingerprint density at radius 3 is 2.55 bits per heavy atom. The summed E-state index contributed by atoms with van der Waals surface area (Å²) in [6.07, 6.45) is 0.0630. The fourth-order valence-corrected chi connectivity index (χ4v) is 3.78. The van der Waals surface area contributed by atoms with Gasteiger partial charge in [-0.2, -0.15) is 0 Å². The van der Waals surface area contributed by atoms with Crippen molar-refractivity contribution in [1.82, 2.24) is 10.3 Å². The maximum absolute atomic E-state index is 13.2. The summed E-state index contributed by atoms with van der Waals surface area (Å²) in [7, 11) is 0. The number of aryl methyl sites for hydroxylation is 1. The van der Waals surface area contributed by atoms with Gasteiger partial charge in [-0.05, 0) is 75.0 Å². The van der Waals surface area contributed by atoms with E-state index in [1.165, 1.54) is 0 Å². The summed E-state index contributed by atoms with van der Waals surface area (Å²) in [5, 5.41) is 6.86. The fourth-order valence-electron chi connectivity index (χ4n) is 3.57. The molecule has 0 bridgehead atoms. The van der Waals surface area contributed by atoms with Gasteiger partial charge in [-0.15, -0.1) is 0 Å². The first-order chi connectivity index (χ1) is 15.9. The van der Waals surface area contributed by atoms with E-state index in [4.69, 9.17) is 21.9 Å². The molecule has 33 heavy (non-hydrogen) atoms. The minimum absolute atomic E-state index is 0.0630. The molecule has 0 aliphatic carbocycles. The van der Waals surface area contributed by atoms with Gasteiger partial charge < -0.3 is 10.1 Å². The molecular formula is C27H25N3O2S. The van der Waals surface area contributed by atoms with E-state index in [2.05, 4.69) is 10.6 Å². The number of carbonyl (C=O) groups is 1. The molecule has 0 radical (unpaired) electrons. The predicted octanol–water partition coefficient (Wildman–Crippen LogP) is 6.12. The molecule has 3 aromatic carbocycles. The van der Waals surface area contributed by atoms with E-state index in [9.17, 15) is 4.79 Å². The van der Waals surface area contributed by atoms with Crippen molar-refractivity contribution in [1.29, 1.82) is 0 Å². The lowest BCUT2D eigenvalue weighted by Crippen LogP contribution is -2.34. The Hall–Kier alpha value is -3.77. The van der Waals surface area contributed by atoms with E-state index in [-0.39, 0.29) is 17.1 Å². The lowest BCUT2D eigenvalue weighted by Gasteiger charge is -2.14. The van der Waals surface area contributed by atoms with Gasteiger partial charge in [-0.1, -0.05) is 42.5 Å². The molecule has 4 rings (SSSR count). The summed E-state index contributed by atoms with van der Waals surface area (Å²) in [6.45, 7) is 5.97. The van der Waals surface area contributed by atoms with Crippen LogP contribution in [0.5, 0.6) is 5.75 Å². The van der Waals surface area contributed by atoms with Crippen molar-refractivity contribution in [2.75, 3.05) is 5.32 Å². The highest BCUT2D eigenvalue weighted by atomic mass is 32.1. The number of carbonyl (C=O) groups excluding carboxylic acids is 1. The van der Waals surface area contributed by atoms with Crippen molar-refractivity contribution in [3.63, 3.8) is 0 Å². The standard InChI is InChI=1S/C27H25N3O2S/c1-17(2)32-21-11-7-9-19(15-21)25-16-23(22-12-4-5-13-24(22)29-25)26(31)30-27(33)28-20-10-6-8-18(3)14-20/h4-17H,1-3H3,(H2,28,30,31,33). The lowest BCUT2D eigenvalue weighted by molar-refractivity contribution is 0.0979. The number of benzene rings is 3. The number of hydrogen-bond acceptors (Lipinski definition) is 4. The molecule has 2 N–H and O–H groups in total. The third kappa shape index (κ3) is 5.54. The monoisotopic (exact) mass is 455 g/mol. The summed E-state index contributed by atoms with van der Waals surface area (Å²) in [6, 6.07) is 24.9. The van der Waals surface area contributed by atoms with Crippen LogP contribution in [0.2, 0.25) is 0 Å². The Kier molecular flexibility index (Phi) is 6.66. The summed E-state index contributed by atoms with van der Waals surface area (Å²) < 4.78 is 5.83. The van der Waals surface area contributed by atoms with Gasteiger partial charge in [0.05, 0.1) is 22.9 Å². The quantitative estimate of drug-likeness (QED) is 0.355. The van der Waals surface area contributed by atoms with Gasteiger partial charge in [-0.3, -0.25) is 10.1 Å². The van der Waals surface area contributed by atoms with Crippen LogP contribution in [0, 0.1) is 6.92 Å². The molecule has 0 spiro atoms. The van der Waals surface area contributed by atoms with Gasteiger partial charge in [0, 0.05) is 16.6 Å². The zero-order valence-corrected chi connectivity index (χ0v) is 19.6. The molecule has 1 amide bonds. The third-order valence-corrected chi connectivity index (χ3v) is 5.17. The van der Waals surface area contributed by atoms with Crippen LogP contribution in [0.4, 0.5) is 5.69 Å². The molecule has 0 saturated heterocycles. The average molecular weight is 456 g/mol. The van der Waals surface area contributed by atoms with Crippen molar-refractivity contribution in [2.45, 2.75) is 26.9 Å². The highest BCUT2D eigenvalue weighted by Crippen LogP contribution is 2.27. The average Bonchev–Trinajstić information content (AvgIpc) is 2.78. The number of aromatic nitrogens is 1. The second-order valence-corrected chi connectivity index (χ2v) is 8.45. The SMILES string of the molecule is Cc1cccc(NC(=S)NC(=O)c2cc(-c3cccc(OC(C)C)c3)nc3ccccc23)c1. The summed E-state index contributed by atoms with van der Waals surface area (Å²) in [4.78, 5) is 18.0. The van der Waals surface area contributed by atoms with E-state index in [0.29, 0.717) is 11.3 Å². The molecule has 0 unspecified atom stereocenters. The Morgan fingerprint density at radius 2 is 1.76 bits per heavy atom. The molecule has 1 aromatic heterocycles. The van der Waals surface area contributed by atoms with E-state index in [1.807, 2.05) is 93.6 Å². The van der Waals surface area contributed by atoms with E-state index < -0.39 is 0 Å². The minimum Gasteiger partial charge on any atom is -0.491 e. The van der Waals surface area contributed by atoms with E-state index >= 15 is 0 Å². The largest absolute Gasteiger partial charge is 0.491 e. The summed E-state index contributed by atoms with van der Waals surface area (Å²) >= 11 is 5.39. The Bertz CT molecular complexity index is 1330. The number of thiocarbonyl (C=S) groups is 1. The molecule has 0 fully saturated rings. The number of nitrogens with one attached hydrogen (secondary N) is 2. The van der Waals surface area contributed by atoms with Gasteiger partial charge in [0.15, 0.2) is 5.11 Å². The number of pyridine rings is 1. The Morgan fingerprint density at radius 1 is 0.970 bits per heavy atom. The van der Waals surface area contributed by atoms with Crippen molar-refractivity contribution in [2.24, 2.45) is 0 Å². The summed E-state index contributed by atoms with van der Waals surface area (Å²) in [5.41, 5.74) is 4.70. The van der Waals surface area contributed by atoms with E-state index in [0.717, 1.165) is 33.5 Å². The lowest BCUT2D eigenvalue weighted by atomic mass is 10.0. The van der Waals surface area contributed by atoms with Gasteiger partial charge >= 0.3 is 0 Å². The smallest absolute Gasteiger partial charge is 0.258 e. The molecule has 166 valence electrons. The maximum Gasteiger partial charge on any atom is 0.258 e. The molecule has 0 aliphatic heterocycles. The topological polar surface area (TPSA) is 63.2 Å². The number of rotatable bonds is 5. The van der Waals surface area contributed by atoms with Crippen LogP contribution < -0.4 is 15.4 Å². The zero-order chi connectivity index (χ0) is 23.4. The maximum atomic E-state index is 13.2. The highest BCUT2D eigenvalue weighted by Gasteiger charge is 2.16. The molecule has 0 saturated carbocycles. The second-order valence-electron chi connectivity index (χ2n) is 8.04. The minimum atomic E-state index is -0.297. The van der Waals surface area contributed by atoms with Crippen LogP contribution in [-0.4, -0.2) is 22.1 Å². The molecule has 0 atom stereocenters. The third-order valence-electron chi connectivity index (χ3n) is 4.97. The van der Waals surface area contributed by atoms with Gasteiger partial charge in [0.25, 0.3) is 5.91 Å². The van der Waals surface area contributed by atoms with Crippen molar-refractivity contribution in [3.05, 3.63) is 90.0 Å². The number of fused-ring (bicyclic) bond motifs is 1. The van der Waals surface area contributed by atoms with Crippen LogP contribution in [0.15, 0.2) is 78.9 Å². The Labute approximate surface area is 198 Å². The molecule has 1 heterocycles. The molecule has 5 nitrogen and oxygen atoms in total. The first-order valence-electron chi connectivity index (χ1n) is 10.7. The first kappa shape index (κ1) is 22.4. The summed E-state index contributed by atoms with van der Waals surface area (Å²) in [5.74, 6) is 0.460. The van der Waals surface area contributed by atoms with Crippen LogP contribution in [0.1, 0.15) is 29.8 Å². The van der Waals surface area contributed by atoms with Crippen molar-refractivity contribution < 1.29 is 9.53 Å². The Balaban J connectivity index is 1.65. The number of amides is 1. The zero-order valence-electron chi connectivity index (χ0n) is 18.8. The molecule has 6 heteroatoms. The van der Waals surface area contributed by atoms with E-state index in [1.54, 1.807) is 6.07 Å². The van der Waals surface area contributed by atoms with Crippen LogP contribution in [-0.2, 0) is 0 Å². The van der Waals surface area contributed by atoms with Gasteiger partial charge in [-0.25, -0.2) is 4.98 Å². The second kappa shape index (κ2) is 9.79. The molecule has 0 aliphatic rings. The van der Waals surface area contributed by atoms with Crippen molar-refractivity contribution >= 4 is 39.8 Å².